The van der Waals surface area contributed by atoms with Gasteiger partial charge in [0.25, 0.3) is 5.91 Å². The zero-order valence-corrected chi connectivity index (χ0v) is 14.7. The van der Waals surface area contributed by atoms with E-state index in [0.717, 1.165) is 5.01 Å². The number of carbonyl (C=O) groups is 3. The third-order valence-corrected chi connectivity index (χ3v) is 5.03. The molecule has 2 heterocycles. The van der Waals surface area contributed by atoms with Crippen molar-refractivity contribution >= 4 is 29.1 Å². The van der Waals surface area contributed by atoms with E-state index >= 15 is 0 Å². The molecule has 1 atom stereocenters. The van der Waals surface area contributed by atoms with E-state index in [0.29, 0.717) is 36.8 Å². The molecule has 1 aromatic rings. The van der Waals surface area contributed by atoms with Gasteiger partial charge in [-0.3, -0.25) is 14.4 Å². The van der Waals surface area contributed by atoms with Crippen molar-refractivity contribution in [1.82, 2.24) is 20.1 Å². The Hall–Kier alpha value is -1.96. The maximum Gasteiger partial charge on any atom is 0.265 e. The van der Waals surface area contributed by atoms with E-state index < -0.39 is 5.92 Å². The van der Waals surface area contributed by atoms with E-state index in [1.807, 2.05) is 13.8 Å². The van der Waals surface area contributed by atoms with Crippen LogP contribution < -0.4 is 5.32 Å². The molecule has 0 radical (unpaired) electrons. The second kappa shape index (κ2) is 7.08. The van der Waals surface area contributed by atoms with Gasteiger partial charge in [0.1, 0.15) is 4.88 Å². The highest BCUT2D eigenvalue weighted by atomic mass is 32.1. The molecule has 3 amide bonds. The number of rotatable bonds is 2. The molecular formula is C15H22N4O3S. The topological polar surface area (TPSA) is 82.6 Å². The SMILES string of the molecule is CNC(=O)C1CN(C(C)=O)CCN(C(=O)c2sc(C)nc2C)C1. The molecule has 1 aromatic heterocycles. The minimum absolute atomic E-state index is 0.0852. The average molecular weight is 338 g/mol. The van der Waals surface area contributed by atoms with Gasteiger partial charge >= 0.3 is 0 Å². The van der Waals surface area contributed by atoms with E-state index in [2.05, 4.69) is 10.3 Å². The number of hydrogen-bond acceptors (Lipinski definition) is 5. The van der Waals surface area contributed by atoms with E-state index in [1.165, 1.54) is 18.3 Å². The maximum absolute atomic E-state index is 12.8. The van der Waals surface area contributed by atoms with Crippen LogP contribution in [0.1, 0.15) is 27.3 Å². The van der Waals surface area contributed by atoms with Crippen LogP contribution in [0.2, 0.25) is 0 Å². The van der Waals surface area contributed by atoms with Gasteiger partial charge in [-0.05, 0) is 13.8 Å². The van der Waals surface area contributed by atoms with Crippen molar-refractivity contribution in [2.24, 2.45) is 5.92 Å². The van der Waals surface area contributed by atoms with Crippen molar-refractivity contribution in [3.63, 3.8) is 0 Å². The second-order valence-electron chi connectivity index (χ2n) is 5.67. The van der Waals surface area contributed by atoms with Crippen LogP contribution in [0.5, 0.6) is 0 Å². The van der Waals surface area contributed by atoms with Crippen LogP contribution in [0.4, 0.5) is 0 Å². The number of thiazole rings is 1. The summed E-state index contributed by atoms with van der Waals surface area (Å²) < 4.78 is 0. The number of carbonyl (C=O) groups excluding carboxylic acids is 3. The predicted octanol–water partition coefficient (Wildman–Crippen LogP) is 0.426. The van der Waals surface area contributed by atoms with Gasteiger partial charge in [0.15, 0.2) is 0 Å². The summed E-state index contributed by atoms with van der Waals surface area (Å²) in [5.41, 5.74) is 0.710. The second-order valence-corrected chi connectivity index (χ2v) is 6.88. The highest BCUT2D eigenvalue weighted by Crippen LogP contribution is 2.21. The minimum Gasteiger partial charge on any atom is -0.359 e. The molecule has 0 aliphatic carbocycles. The Morgan fingerprint density at radius 2 is 1.78 bits per heavy atom. The van der Waals surface area contributed by atoms with E-state index in [-0.39, 0.29) is 17.7 Å². The first-order valence-electron chi connectivity index (χ1n) is 7.54. The summed E-state index contributed by atoms with van der Waals surface area (Å²) >= 11 is 1.36. The summed E-state index contributed by atoms with van der Waals surface area (Å²) in [4.78, 5) is 44.7. The van der Waals surface area contributed by atoms with Gasteiger partial charge in [0.05, 0.1) is 16.6 Å². The molecule has 1 unspecified atom stereocenters. The molecule has 1 saturated heterocycles. The first-order valence-corrected chi connectivity index (χ1v) is 8.35. The minimum atomic E-state index is -0.426. The van der Waals surface area contributed by atoms with Crippen molar-refractivity contribution in [1.29, 1.82) is 0 Å². The summed E-state index contributed by atoms with van der Waals surface area (Å²) in [7, 11) is 1.56. The molecule has 8 heteroatoms. The maximum atomic E-state index is 12.8. The third-order valence-electron chi connectivity index (χ3n) is 3.97. The van der Waals surface area contributed by atoms with Crippen LogP contribution in [0.25, 0.3) is 0 Å². The standard InChI is InChI=1S/C15H22N4O3S/c1-9-13(23-10(2)17-9)15(22)19-6-5-18(11(3)20)7-12(8-19)14(21)16-4/h12H,5-8H2,1-4H3,(H,16,21). The summed E-state index contributed by atoms with van der Waals surface area (Å²) in [5, 5.41) is 3.45. The Balaban J connectivity index is 2.24. The summed E-state index contributed by atoms with van der Waals surface area (Å²) in [5.74, 6) is -0.789. The highest BCUT2D eigenvalue weighted by Gasteiger charge is 2.32. The molecule has 0 saturated carbocycles. The van der Waals surface area contributed by atoms with Gasteiger partial charge < -0.3 is 15.1 Å². The summed E-state index contributed by atoms with van der Waals surface area (Å²) in [6.07, 6.45) is 0. The smallest absolute Gasteiger partial charge is 0.265 e. The Kier molecular flexibility index (Phi) is 5.35. The molecule has 0 bridgehead atoms. The molecule has 1 N–H and O–H groups in total. The van der Waals surface area contributed by atoms with Crippen LogP contribution in [-0.4, -0.2) is 65.7 Å². The Labute approximate surface area is 139 Å². The number of hydrogen-bond donors (Lipinski definition) is 1. The third kappa shape index (κ3) is 3.87. The molecule has 1 fully saturated rings. The van der Waals surface area contributed by atoms with Crippen LogP contribution in [-0.2, 0) is 9.59 Å². The Morgan fingerprint density at radius 3 is 2.30 bits per heavy atom. The molecular weight excluding hydrogens is 316 g/mol. The van der Waals surface area contributed by atoms with Gasteiger partial charge in [-0.25, -0.2) is 4.98 Å². The predicted molar refractivity (Wildman–Crippen MR) is 87.3 cm³/mol. The van der Waals surface area contributed by atoms with Gasteiger partial charge in [0, 0.05) is 40.2 Å². The van der Waals surface area contributed by atoms with Gasteiger partial charge in [-0.15, -0.1) is 11.3 Å². The molecule has 7 nitrogen and oxygen atoms in total. The number of amides is 3. The molecule has 23 heavy (non-hydrogen) atoms. The first kappa shape index (κ1) is 17.4. The molecule has 1 aliphatic heterocycles. The van der Waals surface area contributed by atoms with Crippen molar-refractivity contribution in [2.45, 2.75) is 20.8 Å². The first-order chi connectivity index (χ1) is 10.8. The Morgan fingerprint density at radius 1 is 1.17 bits per heavy atom. The number of aromatic nitrogens is 1. The van der Waals surface area contributed by atoms with Crippen LogP contribution in [0, 0.1) is 19.8 Å². The quantitative estimate of drug-likeness (QED) is 0.847. The van der Waals surface area contributed by atoms with Crippen LogP contribution in [0.3, 0.4) is 0 Å². The van der Waals surface area contributed by atoms with Crippen molar-refractivity contribution in [3.05, 3.63) is 15.6 Å². The zero-order valence-electron chi connectivity index (χ0n) is 13.9. The van der Waals surface area contributed by atoms with Crippen molar-refractivity contribution in [3.8, 4) is 0 Å². The average Bonchev–Trinajstić information content (AvgIpc) is 2.73. The lowest BCUT2D eigenvalue weighted by Crippen LogP contribution is -2.42. The van der Waals surface area contributed by atoms with Crippen LogP contribution in [0.15, 0.2) is 0 Å². The fourth-order valence-corrected chi connectivity index (χ4v) is 3.62. The molecule has 126 valence electrons. The summed E-state index contributed by atoms with van der Waals surface area (Å²) in [6, 6.07) is 0. The van der Waals surface area contributed by atoms with E-state index in [1.54, 1.807) is 16.8 Å². The largest absolute Gasteiger partial charge is 0.359 e. The zero-order chi connectivity index (χ0) is 17.1. The highest BCUT2D eigenvalue weighted by molar-refractivity contribution is 7.13. The van der Waals surface area contributed by atoms with Gasteiger partial charge in [0.2, 0.25) is 11.8 Å². The molecule has 0 spiro atoms. The molecule has 2 rings (SSSR count). The van der Waals surface area contributed by atoms with Crippen molar-refractivity contribution in [2.75, 3.05) is 33.2 Å². The van der Waals surface area contributed by atoms with Gasteiger partial charge in [-0.1, -0.05) is 0 Å². The monoisotopic (exact) mass is 338 g/mol. The van der Waals surface area contributed by atoms with Crippen molar-refractivity contribution < 1.29 is 14.4 Å². The lowest BCUT2D eigenvalue weighted by molar-refractivity contribution is -0.130. The fraction of sp³-hybridized carbons (Fsp3) is 0.600. The van der Waals surface area contributed by atoms with Gasteiger partial charge in [-0.2, -0.15) is 0 Å². The lowest BCUT2D eigenvalue weighted by Gasteiger charge is -2.22. The number of nitrogens with one attached hydrogen (secondary N) is 1. The molecule has 1 aliphatic rings. The lowest BCUT2D eigenvalue weighted by atomic mass is 10.1. The number of aryl methyl sites for hydroxylation is 2. The fourth-order valence-electron chi connectivity index (χ4n) is 2.73. The summed E-state index contributed by atoms with van der Waals surface area (Å²) in [6.45, 7) is 6.65. The van der Waals surface area contributed by atoms with E-state index in [9.17, 15) is 14.4 Å². The van der Waals surface area contributed by atoms with E-state index in [4.69, 9.17) is 0 Å². The number of nitrogens with zero attached hydrogens (tertiary/aromatic N) is 3. The molecule has 0 aromatic carbocycles. The normalized spacial score (nSPS) is 18.5. The Bertz CT molecular complexity index is 628. The van der Waals surface area contributed by atoms with Crippen LogP contribution >= 0.6 is 11.3 Å².